The monoisotopic (exact) mass is 374 g/mol. The molecule has 4 aromatic carbocycles. The molecule has 0 amide bonds. The number of ether oxygens (including phenoxy) is 1. The SMILES string of the molecule is COc1cc(Cl)c2c(c1)sc1cc3ccccc3c(-c3ccccc3)c12. The lowest BCUT2D eigenvalue weighted by atomic mass is 9.93. The van der Waals surface area contributed by atoms with Gasteiger partial charge in [-0.3, -0.25) is 0 Å². The summed E-state index contributed by atoms with van der Waals surface area (Å²) in [5.41, 5.74) is 2.46. The van der Waals surface area contributed by atoms with E-state index in [1.807, 2.05) is 6.07 Å². The Balaban J connectivity index is 2.05. The van der Waals surface area contributed by atoms with Crippen LogP contribution in [0.3, 0.4) is 0 Å². The van der Waals surface area contributed by atoms with Crippen LogP contribution in [0.1, 0.15) is 0 Å². The number of fused-ring (bicyclic) bond motifs is 4. The van der Waals surface area contributed by atoms with Gasteiger partial charge < -0.3 is 4.74 Å². The summed E-state index contributed by atoms with van der Waals surface area (Å²) in [5.74, 6) is 0.792. The second-order valence-corrected chi connectivity index (χ2v) is 7.79. The van der Waals surface area contributed by atoms with Crippen molar-refractivity contribution in [2.75, 3.05) is 7.11 Å². The molecule has 3 heteroatoms. The van der Waals surface area contributed by atoms with Crippen LogP contribution in [0.4, 0.5) is 0 Å². The van der Waals surface area contributed by atoms with Crippen molar-refractivity contribution in [2.45, 2.75) is 0 Å². The Morgan fingerprint density at radius 1 is 0.808 bits per heavy atom. The molecule has 0 saturated heterocycles. The summed E-state index contributed by atoms with van der Waals surface area (Å²) in [4.78, 5) is 0. The van der Waals surface area contributed by atoms with Gasteiger partial charge in [-0.25, -0.2) is 0 Å². The maximum atomic E-state index is 6.70. The van der Waals surface area contributed by atoms with E-state index in [1.165, 1.54) is 32.0 Å². The van der Waals surface area contributed by atoms with Gasteiger partial charge in [0.25, 0.3) is 0 Å². The molecule has 1 aromatic heterocycles. The van der Waals surface area contributed by atoms with Crippen molar-refractivity contribution < 1.29 is 4.74 Å². The lowest BCUT2D eigenvalue weighted by Crippen LogP contribution is -1.85. The molecule has 0 spiro atoms. The number of methoxy groups -OCH3 is 1. The molecule has 1 nitrogen and oxygen atoms in total. The average molecular weight is 375 g/mol. The van der Waals surface area contributed by atoms with Crippen molar-refractivity contribution >= 4 is 53.9 Å². The molecule has 0 aliphatic rings. The van der Waals surface area contributed by atoms with Gasteiger partial charge in [0.15, 0.2) is 0 Å². The average Bonchev–Trinajstić information content (AvgIpc) is 3.04. The zero-order valence-corrected chi connectivity index (χ0v) is 15.7. The van der Waals surface area contributed by atoms with Gasteiger partial charge in [0.2, 0.25) is 0 Å². The quantitative estimate of drug-likeness (QED) is 0.310. The second kappa shape index (κ2) is 6.01. The van der Waals surface area contributed by atoms with Crippen LogP contribution in [0.2, 0.25) is 5.02 Å². The predicted octanol–water partition coefficient (Wildman–Crippen LogP) is 7.54. The highest BCUT2D eigenvalue weighted by Crippen LogP contribution is 2.47. The number of halogens is 1. The number of thiophene rings is 1. The van der Waals surface area contributed by atoms with Crippen molar-refractivity contribution in [3.05, 3.63) is 77.8 Å². The van der Waals surface area contributed by atoms with E-state index >= 15 is 0 Å². The van der Waals surface area contributed by atoms with Gasteiger partial charge in [0.05, 0.1) is 12.1 Å². The van der Waals surface area contributed by atoms with Gasteiger partial charge >= 0.3 is 0 Å². The third-order valence-corrected chi connectivity index (χ3v) is 6.19. The van der Waals surface area contributed by atoms with Crippen LogP contribution in [0, 0.1) is 0 Å². The molecule has 0 unspecified atom stereocenters. The molecule has 0 atom stereocenters. The zero-order valence-electron chi connectivity index (χ0n) is 14.1. The van der Waals surface area contributed by atoms with Gasteiger partial charge in [-0.15, -0.1) is 11.3 Å². The number of hydrogen-bond acceptors (Lipinski definition) is 2. The Hall–Kier alpha value is -2.55. The molecule has 0 saturated carbocycles. The normalized spacial score (nSPS) is 11.5. The van der Waals surface area contributed by atoms with E-state index in [1.54, 1.807) is 18.4 Å². The zero-order chi connectivity index (χ0) is 17.7. The highest BCUT2D eigenvalue weighted by Gasteiger charge is 2.17. The highest BCUT2D eigenvalue weighted by atomic mass is 35.5. The molecular formula is C23H15ClOS. The van der Waals surface area contributed by atoms with Crippen LogP contribution < -0.4 is 4.74 Å². The fourth-order valence-corrected chi connectivity index (χ4v) is 5.25. The summed E-state index contributed by atoms with van der Waals surface area (Å²) in [6.07, 6.45) is 0. The molecule has 1 heterocycles. The topological polar surface area (TPSA) is 9.23 Å². The van der Waals surface area contributed by atoms with Gasteiger partial charge in [-0.2, -0.15) is 0 Å². The number of hydrogen-bond donors (Lipinski definition) is 0. The van der Waals surface area contributed by atoms with Crippen molar-refractivity contribution in [3.8, 4) is 16.9 Å². The van der Waals surface area contributed by atoms with Crippen LogP contribution in [0.5, 0.6) is 5.75 Å². The minimum atomic E-state index is 0.734. The van der Waals surface area contributed by atoms with Crippen LogP contribution in [-0.2, 0) is 0 Å². The maximum absolute atomic E-state index is 6.70. The molecule has 26 heavy (non-hydrogen) atoms. The summed E-state index contributed by atoms with van der Waals surface area (Å²) in [7, 11) is 1.68. The molecule has 126 valence electrons. The van der Waals surface area contributed by atoms with Crippen molar-refractivity contribution in [3.63, 3.8) is 0 Å². The highest BCUT2D eigenvalue weighted by molar-refractivity contribution is 7.26. The summed E-state index contributed by atoms with van der Waals surface area (Å²) >= 11 is 8.46. The van der Waals surface area contributed by atoms with Gasteiger partial charge in [0, 0.05) is 20.2 Å². The first-order valence-corrected chi connectivity index (χ1v) is 9.62. The molecule has 0 bridgehead atoms. The van der Waals surface area contributed by atoms with E-state index < -0.39 is 0 Å². The van der Waals surface area contributed by atoms with Gasteiger partial charge in [-0.1, -0.05) is 66.2 Å². The second-order valence-electron chi connectivity index (χ2n) is 6.30. The smallest absolute Gasteiger partial charge is 0.121 e. The first-order valence-electron chi connectivity index (χ1n) is 8.43. The summed E-state index contributed by atoms with van der Waals surface area (Å²) in [6, 6.07) is 25.4. The van der Waals surface area contributed by atoms with Crippen molar-refractivity contribution in [1.29, 1.82) is 0 Å². The molecule has 0 radical (unpaired) electrons. The largest absolute Gasteiger partial charge is 0.497 e. The van der Waals surface area contributed by atoms with E-state index in [0.29, 0.717) is 0 Å². The fourth-order valence-electron chi connectivity index (χ4n) is 3.67. The van der Waals surface area contributed by atoms with E-state index in [9.17, 15) is 0 Å². The molecular weight excluding hydrogens is 360 g/mol. The third-order valence-electron chi connectivity index (χ3n) is 4.81. The molecule has 0 N–H and O–H groups in total. The molecule has 0 fully saturated rings. The minimum absolute atomic E-state index is 0.734. The lowest BCUT2D eigenvalue weighted by molar-refractivity contribution is 0.415. The van der Waals surface area contributed by atoms with Crippen LogP contribution in [-0.4, -0.2) is 7.11 Å². The third kappa shape index (κ3) is 2.30. The number of benzene rings is 4. The summed E-state index contributed by atoms with van der Waals surface area (Å²) < 4.78 is 7.81. The summed E-state index contributed by atoms with van der Waals surface area (Å²) in [6.45, 7) is 0. The van der Waals surface area contributed by atoms with Crippen LogP contribution in [0.15, 0.2) is 72.8 Å². The minimum Gasteiger partial charge on any atom is -0.497 e. The van der Waals surface area contributed by atoms with E-state index in [0.717, 1.165) is 20.9 Å². The van der Waals surface area contributed by atoms with E-state index in [4.69, 9.17) is 16.3 Å². The van der Waals surface area contributed by atoms with Crippen molar-refractivity contribution in [1.82, 2.24) is 0 Å². The first-order chi connectivity index (χ1) is 12.8. The Kier molecular flexibility index (Phi) is 3.63. The maximum Gasteiger partial charge on any atom is 0.121 e. The Bertz CT molecular complexity index is 1270. The van der Waals surface area contributed by atoms with Gasteiger partial charge in [-0.05, 0) is 40.1 Å². The lowest BCUT2D eigenvalue weighted by Gasteiger charge is -2.11. The molecule has 5 rings (SSSR count). The Morgan fingerprint density at radius 2 is 1.54 bits per heavy atom. The summed E-state index contributed by atoms with van der Waals surface area (Å²) in [5, 5.41) is 5.56. The standard InChI is InChI=1S/C23H15ClOS/c1-25-16-12-18(24)22-20(13-16)26-19-11-15-9-5-6-10-17(15)21(23(19)22)14-7-3-2-4-8-14/h2-13H,1H3. The predicted molar refractivity (Wildman–Crippen MR) is 114 cm³/mol. The van der Waals surface area contributed by atoms with Crippen LogP contribution in [0.25, 0.3) is 42.1 Å². The van der Waals surface area contributed by atoms with Crippen LogP contribution >= 0.6 is 22.9 Å². The fraction of sp³-hybridized carbons (Fsp3) is 0.0435. The Labute approximate surface area is 160 Å². The first kappa shape index (κ1) is 15.7. The van der Waals surface area contributed by atoms with E-state index in [-0.39, 0.29) is 0 Å². The van der Waals surface area contributed by atoms with Gasteiger partial charge in [0.1, 0.15) is 5.75 Å². The molecule has 0 aliphatic heterocycles. The Morgan fingerprint density at radius 3 is 2.35 bits per heavy atom. The molecule has 5 aromatic rings. The van der Waals surface area contributed by atoms with E-state index in [2.05, 4.69) is 66.7 Å². The number of rotatable bonds is 2. The van der Waals surface area contributed by atoms with Crippen molar-refractivity contribution in [2.24, 2.45) is 0 Å². The molecule has 0 aliphatic carbocycles.